The van der Waals surface area contributed by atoms with Gasteiger partial charge in [-0.05, 0) is 55.2 Å². The van der Waals surface area contributed by atoms with Crippen LogP contribution in [-0.4, -0.2) is 24.8 Å². The van der Waals surface area contributed by atoms with Crippen molar-refractivity contribution >= 4 is 11.3 Å². The maximum Gasteiger partial charge on any atom is 0.0443 e. The van der Waals surface area contributed by atoms with Gasteiger partial charge in [0.1, 0.15) is 0 Å². The number of aryl methyl sites for hydroxylation is 1. The summed E-state index contributed by atoms with van der Waals surface area (Å²) in [6.45, 7) is 2.30. The van der Waals surface area contributed by atoms with Crippen LogP contribution in [0.4, 0.5) is 0 Å². The monoisotopic (exact) mass is 225 g/mol. The van der Waals surface area contributed by atoms with Gasteiger partial charge in [-0.2, -0.15) is 0 Å². The lowest BCUT2D eigenvalue weighted by atomic mass is 9.88. The number of hydrogen-bond acceptors (Lipinski definition) is 3. The van der Waals surface area contributed by atoms with E-state index in [0.717, 1.165) is 19.5 Å². The third kappa shape index (κ3) is 2.80. The molecule has 1 atom stereocenters. The molecule has 3 heteroatoms. The zero-order valence-electron chi connectivity index (χ0n) is 9.04. The second-order valence-corrected chi connectivity index (χ2v) is 5.17. The Morgan fingerprint density at radius 2 is 2.47 bits per heavy atom. The van der Waals surface area contributed by atoms with Gasteiger partial charge in [0.2, 0.25) is 0 Å². The van der Waals surface area contributed by atoms with E-state index in [1.165, 1.54) is 19.3 Å². The predicted octanol–water partition coefficient (Wildman–Crippen LogP) is 2.14. The Morgan fingerprint density at radius 1 is 1.53 bits per heavy atom. The second kappa shape index (κ2) is 5.64. The average molecular weight is 225 g/mol. The fourth-order valence-electron chi connectivity index (χ4n) is 2.27. The van der Waals surface area contributed by atoms with Gasteiger partial charge in [-0.15, -0.1) is 11.3 Å². The first-order chi connectivity index (χ1) is 7.42. The Morgan fingerprint density at radius 3 is 3.33 bits per heavy atom. The SMILES string of the molecule is OCCCNCC1CCCc2sccc21. The van der Waals surface area contributed by atoms with E-state index < -0.39 is 0 Å². The number of rotatable bonds is 5. The summed E-state index contributed by atoms with van der Waals surface area (Å²) >= 11 is 1.91. The summed E-state index contributed by atoms with van der Waals surface area (Å²) in [6.07, 6.45) is 4.79. The van der Waals surface area contributed by atoms with Crippen LogP contribution in [0.25, 0.3) is 0 Å². The Balaban J connectivity index is 1.84. The molecule has 0 radical (unpaired) electrons. The second-order valence-electron chi connectivity index (χ2n) is 4.17. The van der Waals surface area contributed by atoms with Crippen LogP contribution in [0.3, 0.4) is 0 Å². The van der Waals surface area contributed by atoms with E-state index >= 15 is 0 Å². The minimum Gasteiger partial charge on any atom is -0.396 e. The molecule has 0 saturated heterocycles. The Hall–Kier alpha value is -0.380. The molecule has 0 bridgehead atoms. The highest BCUT2D eigenvalue weighted by Gasteiger charge is 2.20. The first kappa shape index (κ1) is 11.1. The van der Waals surface area contributed by atoms with Crippen LogP contribution in [0.5, 0.6) is 0 Å². The molecule has 1 aliphatic carbocycles. The molecular formula is C12H19NOS. The molecule has 1 aromatic heterocycles. The van der Waals surface area contributed by atoms with Gasteiger partial charge < -0.3 is 10.4 Å². The predicted molar refractivity (Wildman–Crippen MR) is 64.6 cm³/mol. The molecule has 84 valence electrons. The Labute approximate surface area is 95.3 Å². The topological polar surface area (TPSA) is 32.3 Å². The Kier molecular flexibility index (Phi) is 4.18. The lowest BCUT2D eigenvalue weighted by Crippen LogP contribution is -2.25. The molecular weight excluding hydrogens is 206 g/mol. The third-order valence-corrected chi connectivity index (χ3v) is 4.08. The summed E-state index contributed by atoms with van der Waals surface area (Å²) in [4.78, 5) is 1.59. The summed E-state index contributed by atoms with van der Waals surface area (Å²) in [6, 6.07) is 2.29. The maximum absolute atomic E-state index is 8.69. The molecule has 2 rings (SSSR count). The van der Waals surface area contributed by atoms with Gasteiger partial charge in [0.15, 0.2) is 0 Å². The molecule has 0 spiro atoms. The van der Waals surface area contributed by atoms with Crippen molar-refractivity contribution in [3.63, 3.8) is 0 Å². The Bertz CT molecular complexity index is 298. The van der Waals surface area contributed by atoms with Crippen LogP contribution in [0, 0.1) is 0 Å². The van der Waals surface area contributed by atoms with Crippen molar-refractivity contribution in [2.24, 2.45) is 0 Å². The van der Waals surface area contributed by atoms with Gasteiger partial charge in [-0.25, -0.2) is 0 Å². The number of thiophene rings is 1. The van der Waals surface area contributed by atoms with Gasteiger partial charge >= 0.3 is 0 Å². The summed E-state index contributed by atoms with van der Waals surface area (Å²) in [5.74, 6) is 0.707. The van der Waals surface area contributed by atoms with E-state index in [0.29, 0.717) is 12.5 Å². The normalized spacial score (nSPS) is 20.2. The van der Waals surface area contributed by atoms with E-state index in [-0.39, 0.29) is 0 Å². The van der Waals surface area contributed by atoms with Crippen LogP contribution in [0.1, 0.15) is 35.6 Å². The van der Waals surface area contributed by atoms with Crippen LogP contribution in [0.15, 0.2) is 11.4 Å². The molecule has 0 aromatic carbocycles. The van der Waals surface area contributed by atoms with Gasteiger partial charge in [-0.1, -0.05) is 0 Å². The van der Waals surface area contributed by atoms with Crippen LogP contribution < -0.4 is 5.32 Å². The summed E-state index contributed by atoms with van der Waals surface area (Å²) in [7, 11) is 0. The van der Waals surface area contributed by atoms with E-state index in [9.17, 15) is 0 Å². The van der Waals surface area contributed by atoms with Crippen LogP contribution in [-0.2, 0) is 6.42 Å². The number of nitrogens with one attached hydrogen (secondary N) is 1. The van der Waals surface area contributed by atoms with Crippen molar-refractivity contribution in [3.8, 4) is 0 Å². The molecule has 0 amide bonds. The molecule has 2 nitrogen and oxygen atoms in total. The quantitative estimate of drug-likeness (QED) is 0.753. The molecule has 1 aromatic rings. The third-order valence-electron chi connectivity index (χ3n) is 3.08. The molecule has 2 N–H and O–H groups in total. The first-order valence-electron chi connectivity index (χ1n) is 5.79. The van der Waals surface area contributed by atoms with Gasteiger partial charge in [0, 0.05) is 18.0 Å². The smallest absolute Gasteiger partial charge is 0.0443 e. The average Bonchev–Trinajstić information content (AvgIpc) is 2.73. The number of aliphatic hydroxyl groups is 1. The summed E-state index contributed by atoms with van der Waals surface area (Å²) in [5.41, 5.74) is 1.57. The molecule has 0 fully saturated rings. The van der Waals surface area contributed by atoms with Gasteiger partial charge in [0.05, 0.1) is 0 Å². The number of hydrogen-bond donors (Lipinski definition) is 2. The first-order valence-corrected chi connectivity index (χ1v) is 6.67. The van der Waals surface area contributed by atoms with Crippen molar-refractivity contribution in [2.75, 3.05) is 19.7 Å². The van der Waals surface area contributed by atoms with E-state index in [1.54, 1.807) is 10.4 Å². The van der Waals surface area contributed by atoms with Crippen LogP contribution in [0.2, 0.25) is 0 Å². The maximum atomic E-state index is 8.69. The van der Waals surface area contributed by atoms with Crippen molar-refractivity contribution in [3.05, 3.63) is 21.9 Å². The summed E-state index contributed by atoms with van der Waals surface area (Å²) in [5, 5.41) is 14.3. The van der Waals surface area contributed by atoms with E-state index in [1.807, 2.05) is 11.3 Å². The zero-order chi connectivity index (χ0) is 10.5. The minimum absolute atomic E-state index is 0.293. The zero-order valence-corrected chi connectivity index (χ0v) is 9.85. The molecule has 1 aliphatic rings. The summed E-state index contributed by atoms with van der Waals surface area (Å²) < 4.78 is 0. The van der Waals surface area contributed by atoms with Crippen molar-refractivity contribution in [1.82, 2.24) is 5.32 Å². The van der Waals surface area contributed by atoms with Crippen molar-refractivity contribution in [2.45, 2.75) is 31.6 Å². The lowest BCUT2D eigenvalue weighted by molar-refractivity contribution is 0.285. The van der Waals surface area contributed by atoms with E-state index in [2.05, 4.69) is 16.8 Å². The highest BCUT2D eigenvalue weighted by atomic mass is 32.1. The number of fused-ring (bicyclic) bond motifs is 1. The van der Waals surface area contributed by atoms with Gasteiger partial charge in [0.25, 0.3) is 0 Å². The van der Waals surface area contributed by atoms with Crippen molar-refractivity contribution < 1.29 is 5.11 Å². The van der Waals surface area contributed by atoms with E-state index in [4.69, 9.17) is 5.11 Å². The fourth-order valence-corrected chi connectivity index (χ4v) is 3.29. The van der Waals surface area contributed by atoms with Crippen LogP contribution >= 0.6 is 11.3 Å². The minimum atomic E-state index is 0.293. The van der Waals surface area contributed by atoms with Crippen molar-refractivity contribution in [1.29, 1.82) is 0 Å². The van der Waals surface area contributed by atoms with Gasteiger partial charge in [-0.3, -0.25) is 0 Å². The standard InChI is InChI=1S/C12H19NOS/c14-7-2-6-13-9-10-3-1-4-12-11(10)5-8-15-12/h5,8,10,13-14H,1-4,6-7,9H2. The number of aliphatic hydroxyl groups excluding tert-OH is 1. The fraction of sp³-hybridized carbons (Fsp3) is 0.667. The molecule has 1 unspecified atom stereocenters. The molecule has 0 aliphatic heterocycles. The highest BCUT2D eigenvalue weighted by molar-refractivity contribution is 7.10. The molecule has 0 saturated carbocycles. The lowest BCUT2D eigenvalue weighted by Gasteiger charge is -2.22. The molecule has 1 heterocycles. The highest BCUT2D eigenvalue weighted by Crippen LogP contribution is 2.34. The molecule has 15 heavy (non-hydrogen) atoms. The largest absolute Gasteiger partial charge is 0.396 e.